The Morgan fingerprint density at radius 3 is 1.64 bits per heavy atom. The second-order valence-corrected chi connectivity index (χ2v) is 5.64. The molecule has 0 spiro atoms. The highest BCUT2D eigenvalue weighted by Crippen LogP contribution is 2.11. The fourth-order valence-corrected chi connectivity index (χ4v) is 2.14. The van der Waals surface area contributed by atoms with Crippen molar-refractivity contribution in [2.45, 2.75) is 12.8 Å². The molecular formula is C20H22N4O4. The summed E-state index contributed by atoms with van der Waals surface area (Å²) in [5.74, 6) is 0.653. The number of amides is 2. The molecule has 8 heteroatoms. The predicted octanol–water partition coefficient (Wildman–Crippen LogP) is 2.08. The molecule has 2 aromatic carbocycles. The number of hydrogen-bond acceptors (Lipinski definition) is 6. The lowest BCUT2D eigenvalue weighted by Crippen LogP contribution is -2.22. The van der Waals surface area contributed by atoms with E-state index < -0.39 is 0 Å². The molecule has 0 saturated heterocycles. The van der Waals surface area contributed by atoms with Crippen LogP contribution in [0.3, 0.4) is 0 Å². The molecule has 146 valence electrons. The summed E-state index contributed by atoms with van der Waals surface area (Å²) < 4.78 is 10.2. The molecule has 0 fully saturated rings. The predicted molar refractivity (Wildman–Crippen MR) is 107 cm³/mol. The number of carbonyl (C=O) groups is 2. The molecule has 0 aliphatic rings. The third-order valence-corrected chi connectivity index (χ3v) is 3.57. The van der Waals surface area contributed by atoms with Gasteiger partial charge in [0.25, 0.3) is 0 Å². The molecule has 2 rings (SSSR count). The standard InChI is InChI=1S/C20H22N4O4/c1-27-17-7-3-5-15(11-17)13-21-23-19(25)9-10-20(26)24-22-14-16-6-4-8-18(12-16)28-2/h3-8,11-14H,9-10H2,1-2H3,(H,23,25)(H,24,26)/b21-13-,22-14-. The van der Waals surface area contributed by atoms with Gasteiger partial charge in [-0.25, -0.2) is 10.9 Å². The van der Waals surface area contributed by atoms with Gasteiger partial charge in [0, 0.05) is 12.8 Å². The van der Waals surface area contributed by atoms with E-state index in [0.29, 0.717) is 11.5 Å². The van der Waals surface area contributed by atoms with Crippen LogP contribution in [0.15, 0.2) is 58.7 Å². The lowest BCUT2D eigenvalue weighted by molar-refractivity contribution is -0.126. The number of benzene rings is 2. The van der Waals surface area contributed by atoms with Crippen molar-refractivity contribution in [1.82, 2.24) is 10.9 Å². The van der Waals surface area contributed by atoms with Gasteiger partial charge in [-0.05, 0) is 35.4 Å². The van der Waals surface area contributed by atoms with Gasteiger partial charge in [0.05, 0.1) is 26.6 Å². The highest BCUT2D eigenvalue weighted by Gasteiger charge is 2.05. The van der Waals surface area contributed by atoms with Crippen LogP contribution < -0.4 is 20.3 Å². The zero-order valence-electron chi connectivity index (χ0n) is 15.7. The molecule has 0 bridgehead atoms. The first-order valence-electron chi connectivity index (χ1n) is 8.52. The zero-order chi connectivity index (χ0) is 20.2. The van der Waals surface area contributed by atoms with Crippen molar-refractivity contribution < 1.29 is 19.1 Å². The van der Waals surface area contributed by atoms with Crippen molar-refractivity contribution in [2.24, 2.45) is 10.2 Å². The fourth-order valence-electron chi connectivity index (χ4n) is 2.14. The van der Waals surface area contributed by atoms with Gasteiger partial charge in [0.15, 0.2) is 0 Å². The van der Waals surface area contributed by atoms with Gasteiger partial charge in [0.1, 0.15) is 11.5 Å². The molecule has 2 N–H and O–H groups in total. The summed E-state index contributed by atoms with van der Waals surface area (Å²) in [6.07, 6.45) is 2.99. The Hall–Kier alpha value is -3.68. The minimum atomic E-state index is -0.369. The van der Waals surface area contributed by atoms with Gasteiger partial charge in [-0.1, -0.05) is 24.3 Å². The Morgan fingerprint density at radius 2 is 1.25 bits per heavy atom. The first kappa shape index (κ1) is 20.6. The van der Waals surface area contributed by atoms with Crippen LogP contribution in [0.2, 0.25) is 0 Å². The van der Waals surface area contributed by atoms with E-state index in [-0.39, 0.29) is 24.7 Å². The number of methoxy groups -OCH3 is 2. The molecule has 2 amide bonds. The van der Waals surface area contributed by atoms with Crippen molar-refractivity contribution in [3.63, 3.8) is 0 Å². The number of ether oxygens (including phenoxy) is 2. The van der Waals surface area contributed by atoms with Crippen molar-refractivity contribution in [3.05, 3.63) is 59.7 Å². The first-order valence-corrected chi connectivity index (χ1v) is 8.52. The second-order valence-electron chi connectivity index (χ2n) is 5.64. The van der Waals surface area contributed by atoms with Gasteiger partial charge < -0.3 is 9.47 Å². The smallest absolute Gasteiger partial charge is 0.240 e. The van der Waals surface area contributed by atoms with Crippen LogP contribution >= 0.6 is 0 Å². The SMILES string of the molecule is COc1cccc(/C=N\NC(=O)CCC(=O)N/N=C\c2cccc(OC)c2)c1. The third kappa shape index (κ3) is 7.28. The molecule has 0 aliphatic carbocycles. The van der Waals surface area contributed by atoms with Gasteiger partial charge in [0.2, 0.25) is 11.8 Å². The van der Waals surface area contributed by atoms with Crippen LogP contribution in [0.5, 0.6) is 11.5 Å². The van der Waals surface area contributed by atoms with Crippen LogP contribution in [-0.4, -0.2) is 38.5 Å². The quantitative estimate of drug-likeness (QED) is 0.512. The normalized spacial score (nSPS) is 10.8. The average molecular weight is 382 g/mol. The minimum Gasteiger partial charge on any atom is -0.497 e. The Bertz CT molecular complexity index is 793. The Kier molecular flexibility index (Phi) is 8.19. The molecule has 0 heterocycles. The third-order valence-electron chi connectivity index (χ3n) is 3.57. The summed E-state index contributed by atoms with van der Waals surface area (Å²) in [6, 6.07) is 14.5. The van der Waals surface area contributed by atoms with Crippen molar-refractivity contribution >= 4 is 24.2 Å². The fraction of sp³-hybridized carbons (Fsp3) is 0.200. The summed E-state index contributed by atoms with van der Waals surface area (Å²) in [6.45, 7) is 0. The van der Waals surface area contributed by atoms with E-state index in [0.717, 1.165) is 11.1 Å². The average Bonchev–Trinajstić information content (AvgIpc) is 2.72. The molecule has 0 atom stereocenters. The van der Waals surface area contributed by atoms with E-state index in [1.807, 2.05) is 36.4 Å². The van der Waals surface area contributed by atoms with Gasteiger partial charge in [-0.3, -0.25) is 9.59 Å². The van der Waals surface area contributed by atoms with Gasteiger partial charge in [-0.2, -0.15) is 10.2 Å². The maximum atomic E-state index is 11.7. The van der Waals surface area contributed by atoms with E-state index in [9.17, 15) is 9.59 Å². The molecule has 28 heavy (non-hydrogen) atoms. The van der Waals surface area contributed by atoms with Crippen LogP contribution in [0, 0.1) is 0 Å². The molecule has 0 saturated carbocycles. The van der Waals surface area contributed by atoms with E-state index in [1.165, 1.54) is 12.4 Å². The Balaban J connectivity index is 1.70. The monoisotopic (exact) mass is 382 g/mol. The molecule has 8 nitrogen and oxygen atoms in total. The van der Waals surface area contributed by atoms with Crippen molar-refractivity contribution in [2.75, 3.05) is 14.2 Å². The van der Waals surface area contributed by atoms with E-state index in [4.69, 9.17) is 9.47 Å². The molecule has 0 aromatic heterocycles. The molecule has 2 aromatic rings. The maximum Gasteiger partial charge on any atom is 0.240 e. The highest BCUT2D eigenvalue weighted by molar-refractivity contribution is 5.86. The number of hydrogen-bond donors (Lipinski definition) is 2. The van der Waals surface area contributed by atoms with Crippen LogP contribution in [0.4, 0.5) is 0 Å². The number of nitrogens with one attached hydrogen (secondary N) is 2. The molecule has 0 unspecified atom stereocenters. The Labute approximate surface area is 163 Å². The zero-order valence-corrected chi connectivity index (χ0v) is 15.7. The first-order chi connectivity index (χ1) is 13.6. The number of nitrogens with zero attached hydrogens (tertiary/aromatic N) is 2. The van der Waals surface area contributed by atoms with Crippen LogP contribution in [0.1, 0.15) is 24.0 Å². The maximum absolute atomic E-state index is 11.7. The minimum absolute atomic E-state index is 0.00400. The summed E-state index contributed by atoms with van der Waals surface area (Å²) >= 11 is 0. The summed E-state index contributed by atoms with van der Waals surface area (Å²) in [5, 5.41) is 7.72. The summed E-state index contributed by atoms with van der Waals surface area (Å²) in [5.41, 5.74) is 6.32. The van der Waals surface area contributed by atoms with Crippen molar-refractivity contribution in [3.8, 4) is 11.5 Å². The molecule has 0 aliphatic heterocycles. The number of rotatable bonds is 9. The largest absolute Gasteiger partial charge is 0.497 e. The molecular weight excluding hydrogens is 360 g/mol. The van der Waals surface area contributed by atoms with Crippen LogP contribution in [0.25, 0.3) is 0 Å². The van der Waals surface area contributed by atoms with Gasteiger partial charge >= 0.3 is 0 Å². The van der Waals surface area contributed by atoms with Gasteiger partial charge in [-0.15, -0.1) is 0 Å². The van der Waals surface area contributed by atoms with E-state index in [1.54, 1.807) is 26.4 Å². The topological polar surface area (TPSA) is 101 Å². The highest BCUT2D eigenvalue weighted by atomic mass is 16.5. The second kappa shape index (κ2) is 11.1. The Morgan fingerprint density at radius 1 is 0.821 bits per heavy atom. The van der Waals surface area contributed by atoms with Crippen LogP contribution in [-0.2, 0) is 9.59 Å². The summed E-state index contributed by atoms with van der Waals surface area (Å²) in [4.78, 5) is 23.5. The molecule has 0 radical (unpaired) electrons. The van der Waals surface area contributed by atoms with E-state index >= 15 is 0 Å². The summed E-state index contributed by atoms with van der Waals surface area (Å²) in [7, 11) is 3.15. The lowest BCUT2D eigenvalue weighted by Gasteiger charge is -2.02. The number of carbonyl (C=O) groups excluding carboxylic acids is 2. The lowest BCUT2D eigenvalue weighted by atomic mass is 10.2. The van der Waals surface area contributed by atoms with Crippen molar-refractivity contribution in [1.29, 1.82) is 0 Å². The van der Waals surface area contributed by atoms with E-state index in [2.05, 4.69) is 21.1 Å². The number of hydrazone groups is 2.